The Morgan fingerprint density at radius 1 is 1.31 bits per heavy atom. The van der Waals surface area contributed by atoms with Crippen molar-refractivity contribution in [3.63, 3.8) is 0 Å². The van der Waals surface area contributed by atoms with Gasteiger partial charge in [-0.25, -0.2) is 0 Å². The predicted molar refractivity (Wildman–Crippen MR) is 54.4 cm³/mol. The SMILES string of the molecule is CCC12CC(CCC1CO)C2(C)C. The van der Waals surface area contributed by atoms with Crippen LogP contribution in [0, 0.1) is 22.7 Å². The van der Waals surface area contributed by atoms with Crippen molar-refractivity contribution in [1.29, 1.82) is 0 Å². The summed E-state index contributed by atoms with van der Waals surface area (Å²) < 4.78 is 0. The van der Waals surface area contributed by atoms with Crippen molar-refractivity contribution < 1.29 is 5.11 Å². The standard InChI is InChI=1S/C12H22O/c1-4-12-7-9(11(12,2)3)5-6-10(12)8-13/h9-10,13H,4-8H2,1-3H3. The molecule has 0 aliphatic heterocycles. The van der Waals surface area contributed by atoms with E-state index in [4.69, 9.17) is 0 Å². The second kappa shape index (κ2) is 2.73. The Kier molecular flexibility index (Phi) is 1.99. The molecule has 3 rings (SSSR count). The van der Waals surface area contributed by atoms with Crippen LogP contribution in [-0.2, 0) is 0 Å². The van der Waals surface area contributed by atoms with Crippen LogP contribution in [0.3, 0.4) is 0 Å². The molecule has 0 aromatic rings. The highest BCUT2D eigenvalue weighted by Crippen LogP contribution is 2.71. The van der Waals surface area contributed by atoms with Crippen molar-refractivity contribution in [3.8, 4) is 0 Å². The number of rotatable bonds is 2. The van der Waals surface area contributed by atoms with Crippen LogP contribution in [0.1, 0.15) is 46.5 Å². The third kappa shape index (κ3) is 0.918. The number of fused-ring (bicyclic) bond motifs is 2. The Labute approximate surface area is 81.5 Å². The molecule has 0 aromatic carbocycles. The maximum Gasteiger partial charge on any atom is 0.0464 e. The second-order valence-corrected chi connectivity index (χ2v) is 5.59. The maximum atomic E-state index is 9.41. The highest BCUT2D eigenvalue weighted by atomic mass is 16.3. The van der Waals surface area contributed by atoms with Gasteiger partial charge in [0.05, 0.1) is 0 Å². The summed E-state index contributed by atoms with van der Waals surface area (Å²) in [5, 5.41) is 9.41. The van der Waals surface area contributed by atoms with Crippen molar-refractivity contribution in [1.82, 2.24) is 0 Å². The highest BCUT2D eigenvalue weighted by Gasteiger charge is 2.63. The van der Waals surface area contributed by atoms with Gasteiger partial charge in [-0.1, -0.05) is 20.8 Å². The predicted octanol–water partition coefficient (Wildman–Crippen LogP) is 2.83. The zero-order valence-electron chi connectivity index (χ0n) is 9.14. The molecule has 3 fully saturated rings. The summed E-state index contributed by atoms with van der Waals surface area (Å²) >= 11 is 0. The van der Waals surface area contributed by atoms with Gasteiger partial charge in [0.15, 0.2) is 0 Å². The number of aliphatic hydroxyl groups is 1. The molecule has 3 aliphatic rings. The Morgan fingerprint density at radius 2 is 2.00 bits per heavy atom. The molecule has 3 aliphatic carbocycles. The first kappa shape index (κ1) is 9.51. The minimum Gasteiger partial charge on any atom is -0.396 e. The van der Waals surface area contributed by atoms with Gasteiger partial charge in [0.25, 0.3) is 0 Å². The minimum absolute atomic E-state index is 0.407. The molecule has 0 aromatic heterocycles. The van der Waals surface area contributed by atoms with Crippen LogP contribution >= 0.6 is 0 Å². The van der Waals surface area contributed by atoms with Crippen LogP contribution in [0.5, 0.6) is 0 Å². The quantitative estimate of drug-likeness (QED) is 0.696. The number of hydrogen-bond acceptors (Lipinski definition) is 1. The Morgan fingerprint density at radius 3 is 2.38 bits per heavy atom. The lowest BCUT2D eigenvalue weighted by molar-refractivity contribution is -0.209. The minimum atomic E-state index is 0.407. The van der Waals surface area contributed by atoms with Crippen LogP contribution in [0.25, 0.3) is 0 Å². The topological polar surface area (TPSA) is 20.2 Å². The molecule has 3 saturated carbocycles. The molecule has 76 valence electrons. The van der Waals surface area contributed by atoms with Crippen molar-refractivity contribution in [3.05, 3.63) is 0 Å². The van der Waals surface area contributed by atoms with E-state index in [2.05, 4.69) is 20.8 Å². The number of hydrogen-bond donors (Lipinski definition) is 1. The van der Waals surface area contributed by atoms with E-state index in [0.29, 0.717) is 23.4 Å². The van der Waals surface area contributed by atoms with Gasteiger partial charge in [-0.15, -0.1) is 0 Å². The lowest BCUT2D eigenvalue weighted by Crippen LogP contribution is -2.62. The summed E-state index contributed by atoms with van der Waals surface area (Å²) in [6.07, 6.45) is 5.24. The average Bonchev–Trinajstić information content (AvgIpc) is 2.16. The molecule has 3 unspecified atom stereocenters. The van der Waals surface area contributed by atoms with Crippen molar-refractivity contribution in [2.45, 2.75) is 46.5 Å². The Balaban J connectivity index is 2.27. The van der Waals surface area contributed by atoms with Crippen LogP contribution in [0.4, 0.5) is 0 Å². The van der Waals surface area contributed by atoms with Crippen LogP contribution in [-0.4, -0.2) is 11.7 Å². The largest absolute Gasteiger partial charge is 0.396 e. The summed E-state index contributed by atoms with van der Waals surface area (Å²) in [5.74, 6) is 1.52. The average molecular weight is 182 g/mol. The molecule has 3 atom stereocenters. The molecule has 0 saturated heterocycles. The summed E-state index contributed by atoms with van der Waals surface area (Å²) in [6, 6.07) is 0. The fourth-order valence-electron chi connectivity index (χ4n) is 4.22. The first-order chi connectivity index (χ1) is 6.08. The van der Waals surface area contributed by atoms with E-state index in [1.54, 1.807) is 0 Å². The maximum absolute atomic E-state index is 9.41. The van der Waals surface area contributed by atoms with Crippen LogP contribution in [0.15, 0.2) is 0 Å². The summed E-state index contributed by atoms with van der Waals surface area (Å²) in [6.45, 7) is 7.52. The highest BCUT2D eigenvalue weighted by molar-refractivity contribution is 5.12. The third-order valence-corrected chi connectivity index (χ3v) is 5.41. The van der Waals surface area contributed by atoms with E-state index >= 15 is 0 Å². The molecule has 0 spiro atoms. The molecule has 0 heterocycles. The van der Waals surface area contributed by atoms with Gasteiger partial charge in [-0.2, -0.15) is 0 Å². The zero-order valence-corrected chi connectivity index (χ0v) is 9.14. The van der Waals surface area contributed by atoms with E-state index in [0.717, 1.165) is 5.92 Å². The number of aliphatic hydroxyl groups excluding tert-OH is 1. The fourth-order valence-corrected chi connectivity index (χ4v) is 4.22. The lowest BCUT2D eigenvalue weighted by Gasteiger charge is -2.69. The molecule has 1 nitrogen and oxygen atoms in total. The zero-order chi connectivity index (χ0) is 9.69. The van der Waals surface area contributed by atoms with Gasteiger partial charge in [0, 0.05) is 6.61 Å². The normalized spacial score (nSPS) is 47.1. The Bertz CT molecular complexity index is 209. The second-order valence-electron chi connectivity index (χ2n) is 5.59. The van der Waals surface area contributed by atoms with E-state index in [9.17, 15) is 5.11 Å². The molecule has 1 heteroatoms. The van der Waals surface area contributed by atoms with Gasteiger partial charge in [0.1, 0.15) is 0 Å². The molecular formula is C12H22O. The van der Waals surface area contributed by atoms with Gasteiger partial charge in [-0.05, 0) is 48.3 Å². The van der Waals surface area contributed by atoms with E-state index in [1.165, 1.54) is 25.7 Å². The van der Waals surface area contributed by atoms with Gasteiger partial charge >= 0.3 is 0 Å². The van der Waals surface area contributed by atoms with Crippen LogP contribution in [0.2, 0.25) is 0 Å². The van der Waals surface area contributed by atoms with Crippen molar-refractivity contribution in [2.24, 2.45) is 22.7 Å². The first-order valence-electron chi connectivity index (χ1n) is 5.69. The Hall–Kier alpha value is -0.0400. The third-order valence-electron chi connectivity index (χ3n) is 5.41. The van der Waals surface area contributed by atoms with Gasteiger partial charge in [-0.3, -0.25) is 0 Å². The molecular weight excluding hydrogens is 160 g/mol. The molecule has 0 amide bonds. The van der Waals surface area contributed by atoms with E-state index in [1.807, 2.05) is 0 Å². The molecule has 0 radical (unpaired) electrons. The monoisotopic (exact) mass is 182 g/mol. The van der Waals surface area contributed by atoms with Gasteiger partial charge < -0.3 is 5.11 Å². The van der Waals surface area contributed by atoms with E-state index < -0.39 is 0 Å². The van der Waals surface area contributed by atoms with Crippen molar-refractivity contribution >= 4 is 0 Å². The molecule has 2 bridgehead atoms. The van der Waals surface area contributed by atoms with Gasteiger partial charge in [0.2, 0.25) is 0 Å². The molecule has 13 heavy (non-hydrogen) atoms. The summed E-state index contributed by atoms with van der Waals surface area (Å²) in [5.41, 5.74) is 0.970. The first-order valence-corrected chi connectivity index (χ1v) is 5.69. The van der Waals surface area contributed by atoms with Crippen LogP contribution < -0.4 is 0 Å². The fraction of sp³-hybridized carbons (Fsp3) is 1.00. The van der Waals surface area contributed by atoms with Crippen molar-refractivity contribution in [2.75, 3.05) is 6.61 Å². The summed E-state index contributed by atoms with van der Waals surface area (Å²) in [4.78, 5) is 0. The van der Waals surface area contributed by atoms with E-state index in [-0.39, 0.29) is 0 Å². The smallest absolute Gasteiger partial charge is 0.0464 e. The lowest BCUT2D eigenvalue weighted by atomic mass is 9.36. The summed E-state index contributed by atoms with van der Waals surface area (Å²) in [7, 11) is 0. The molecule has 1 N–H and O–H groups in total.